The standard InChI is InChI=1S/C16H17NO2S/c17-10-11-3-1-4-12(7-11)16(18)13-8-14-5-2-6-15(9-13)20(14)19/h1,3-4,7,13-15H,2,5-6,8-9H2. The van der Waals surface area contributed by atoms with Gasteiger partial charge in [-0.05, 0) is 37.8 Å². The van der Waals surface area contributed by atoms with Gasteiger partial charge in [-0.15, -0.1) is 0 Å². The summed E-state index contributed by atoms with van der Waals surface area (Å²) in [6.45, 7) is 0. The Labute approximate surface area is 121 Å². The van der Waals surface area contributed by atoms with Crippen LogP contribution >= 0.6 is 0 Å². The predicted molar refractivity (Wildman–Crippen MR) is 77.8 cm³/mol. The van der Waals surface area contributed by atoms with Crippen LogP contribution in [0.5, 0.6) is 0 Å². The van der Waals surface area contributed by atoms with Gasteiger partial charge in [0.2, 0.25) is 0 Å². The molecule has 2 heterocycles. The van der Waals surface area contributed by atoms with E-state index in [0.29, 0.717) is 11.1 Å². The fourth-order valence-electron chi connectivity index (χ4n) is 3.43. The number of carbonyl (C=O) groups excluding carboxylic acids is 1. The number of rotatable bonds is 2. The second kappa shape index (κ2) is 5.49. The molecule has 3 nitrogen and oxygen atoms in total. The zero-order chi connectivity index (χ0) is 14.1. The highest BCUT2D eigenvalue weighted by atomic mass is 32.2. The highest BCUT2D eigenvalue weighted by Gasteiger charge is 2.40. The Kier molecular flexibility index (Phi) is 3.71. The molecule has 1 aromatic rings. The van der Waals surface area contributed by atoms with E-state index in [1.165, 1.54) is 0 Å². The first-order valence-corrected chi connectivity index (χ1v) is 8.40. The number of hydrogen-bond acceptors (Lipinski definition) is 3. The summed E-state index contributed by atoms with van der Waals surface area (Å²) in [7, 11) is -0.740. The zero-order valence-corrected chi connectivity index (χ0v) is 12.1. The van der Waals surface area contributed by atoms with Gasteiger partial charge in [-0.2, -0.15) is 5.26 Å². The summed E-state index contributed by atoms with van der Waals surface area (Å²) < 4.78 is 12.2. The Bertz CT molecular complexity index is 589. The van der Waals surface area contributed by atoms with Gasteiger partial charge in [0.05, 0.1) is 11.6 Å². The molecule has 0 aromatic heterocycles. The number of nitrogens with zero attached hydrogens (tertiary/aromatic N) is 1. The molecule has 20 heavy (non-hydrogen) atoms. The minimum atomic E-state index is -0.740. The Morgan fingerprint density at radius 3 is 2.60 bits per heavy atom. The second-order valence-corrected chi connectivity index (χ2v) is 7.72. The number of fused-ring (bicyclic) bond motifs is 2. The van der Waals surface area contributed by atoms with Crippen LogP contribution in [-0.2, 0) is 10.8 Å². The summed E-state index contributed by atoms with van der Waals surface area (Å²) in [5.41, 5.74) is 1.15. The SMILES string of the molecule is N#Cc1cccc(C(=O)C2CC3CCCC(C2)S3=O)c1. The van der Waals surface area contributed by atoms with Crippen LogP contribution in [0.2, 0.25) is 0 Å². The first-order chi connectivity index (χ1) is 9.69. The third kappa shape index (κ3) is 2.43. The molecule has 0 amide bonds. The Hall–Kier alpha value is -1.47. The lowest BCUT2D eigenvalue weighted by Gasteiger charge is -2.37. The molecule has 1 aromatic carbocycles. The third-order valence-corrected chi connectivity index (χ3v) is 6.62. The van der Waals surface area contributed by atoms with Crippen LogP contribution in [0.3, 0.4) is 0 Å². The predicted octanol–water partition coefficient (Wildman–Crippen LogP) is 2.82. The Morgan fingerprint density at radius 1 is 1.25 bits per heavy atom. The van der Waals surface area contributed by atoms with Crippen LogP contribution in [0.25, 0.3) is 0 Å². The van der Waals surface area contributed by atoms with E-state index in [-0.39, 0.29) is 22.2 Å². The normalized spacial score (nSPS) is 32.4. The van der Waals surface area contributed by atoms with Crippen LogP contribution in [-0.4, -0.2) is 20.5 Å². The van der Waals surface area contributed by atoms with E-state index in [4.69, 9.17) is 5.26 Å². The fraction of sp³-hybridized carbons (Fsp3) is 0.500. The molecule has 0 spiro atoms. The van der Waals surface area contributed by atoms with Gasteiger partial charge in [-0.3, -0.25) is 9.00 Å². The highest BCUT2D eigenvalue weighted by Crippen LogP contribution is 2.38. The Morgan fingerprint density at radius 2 is 1.95 bits per heavy atom. The van der Waals surface area contributed by atoms with Crippen molar-refractivity contribution in [3.05, 3.63) is 35.4 Å². The van der Waals surface area contributed by atoms with Crippen molar-refractivity contribution in [2.45, 2.75) is 42.6 Å². The fourth-order valence-corrected chi connectivity index (χ4v) is 5.61. The van der Waals surface area contributed by atoms with Crippen LogP contribution in [0.1, 0.15) is 48.0 Å². The van der Waals surface area contributed by atoms with E-state index in [0.717, 1.165) is 32.1 Å². The maximum atomic E-state index is 12.6. The number of carbonyl (C=O) groups is 1. The monoisotopic (exact) mass is 287 g/mol. The van der Waals surface area contributed by atoms with Gasteiger partial charge < -0.3 is 0 Å². The lowest BCUT2D eigenvalue weighted by atomic mass is 9.84. The van der Waals surface area contributed by atoms with Gasteiger partial charge in [0, 0.05) is 32.8 Å². The quantitative estimate of drug-likeness (QED) is 0.786. The largest absolute Gasteiger partial charge is 0.294 e. The molecule has 2 saturated heterocycles. The van der Waals surface area contributed by atoms with Crippen molar-refractivity contribution in [2.75, 3.05) is 0 Å². The third-order valence-electron chi connectivity index (χ3n) is 4.45. The van der Waals surface area contributed by atoms with Crippen molar-refractivity contribution < 1.29 is 9.00 Å². The van der Waals surface area contributed by atoms with Gasteiger partial charge in [-0.1, -0.05) is 18.6 Å². The maximum Gasteiger partial charge on any atom is 0.166 e. The van der Waals surface area contributed by atoms with Crippen LogP contribution in [0.15, 0.2) is 24.3 Å². The minimum Gasteiger partial charge on any atom is -0.294 e. The number of Topliss-reactive ketones (excluding diaryl/α,β-unsaturated/α-hetero) is 1. The Balaban J connectivity index is 1.81. The summed E-state index contributed by atoms with van der Waals surface area (Å²) in [6, 6.07) is 8.99. The molecule has 2 unspecified atom stereocenters. The smallest absolute Gasteiger partial charge is 0.166 e. The molecular weight excluding hydrogens is 270 g/mol. The van der Waals surface area contributed by atoms with Crippen LogP contribution in [0, 0.1) is 17.2 Å². The average molecular weight is 287 g/mol. The lowest BCUT2D eigenvalue weighted by molar-refractivity contribution is 0.0895. The van der Waals surface area contributed by atoms with Crippen molar-refractivity contribution in [3.63, 3.8) is 0 Å². The molecule has 2 atom stereocenters. The van der Waals surface area contributed by atoms with Crippen molar-refractivity contribution in [2.24, 2.45) is 5.92 Å². The lowest BCUT2D eigenvalue weighted by Crippen LogP contribution is -2.41. The molecular formula is C16H17NO2S. The molecule has 2 aliphatic rings. The second-order valence-electron chi connectivity index (χ2n) is 5.73. The minimum absolute atomic E-state index is 0.0167. The van der Waals surface area contributed by atoms with Gasteiger partial charge in [0.15, 0.2) is 5.78 Å². The van der Waals surface area contributed by atoms with Crippen LogP contribution < -0.4 is 0 Å². The van der Waals surface area contributed by atoms with E-state index in [9.17, 15) is 9.00 Å². The number of benzene rings is 1. The topological polar surface area (TPSA) is 57.9 Å². The summed E-state index contributed by atoms with van der Waals surface area (Å²) in [6.07, 6.45) is 4.62. The molecule has 0 aliphatic carbocycles. The summed E-state index contributed by atoms with van der Waals surface area (Å²) in [5.74, 6) is 0.104. The number of nitriles is 1. The molecule has 0 saturated carbocycles. The van der Waals surface area contributed by atoms with Crippen molar-refractivity contribution >= 4 is 16.6 Å². The molecule has 2 fully saturated rings. The summed E-state index contributed by atoms with van der Waals surface area (Å²) in [4.78, 5) is 12.6. The first kappa shape index (κ1) is 13.5. The van der Waals surface area contributed by atoms with Crippen LogP contribution in [0.4, 0.5) is 0 Å². The highest BCUT2D eigenvalue weighted by molar-refractivity contribution is 7.86. The van der Waals surface area contributed by atoms with Crippen molar-refractivity contribution in [1.82, 2.24) is 0 Å². The number of ketones is 1. The van der Waals surface area contributed by atoms with E-state index in [1.807, 2.05) is 0 Å². The van der Waals surface area contributed by atoms with Crippen molar-refractivity contribution in [3.8, 4) is 6.07 Å². The molecule has 3 rings (SSSR count). The average Bonchev–Trinajstić information content (AvgIpc) is 2.46. The first-order valence-electron chi connectivity index (χ1n) is 7.13. The molecule has 2 aliphatic heterocycles. The molecule has 2 bridgehead atoms. The van der Waals surface area contributed by atoms with E-state index >= 15 is 0 Å². The van der Waals surface area contributed by atoms with Gasteiger partial charge in [-0.25, -0.2) is 0 Å². The van der Waals surface area contributed by atoms with E-state index < -0.39 is 10.8 Å². The number of hydrogen-bond donors (Lipinski definition) is 0. The molecule has 4 heteroatoms. The maximum absolute atomic E-state index is 12.6. The van der Waals surface area contributed by atoms with Gasteiger partial charge >= 0.3 is 0 Å². The van der Waals surface area contributed by atoms with Gasteiger partial charge in [0.1, 0.15) is 0 Å². The van der Waals surface area contributed by atoms with E-state index in [1.54, 1.807) is 24.3 Å². The van der Waals surface area contributed by atoms with Crippen molar-refractivity contribution in [1.29, 1.82) is 5.26 Å². The molecule has 0 radical (unpaired) electrons. The summed E-state index contributed by atoms with van der Waals surface area (Å²) in [5, 5.41) is 9.33. The van der Waals surface area contributed by atoms with Gasteiger partial charge in [0.25, 0.3) is 0 Å². The zero-order valence-electron chi connectivity index (χ0n) is 11.2. The molecule has 104 valence electrons. The van der Waals surface area contributed by atoms with E-state index in [2.05, 4.69) is 6.07 Å². The summed E-state index contributed by atoms with van der Waals surface area (Å²) >= 11 is 0. The molecule has 0 N–H and O–H groups in total.